The van der Waals surface area contributed by atoms with E-state index in [1.165, 1.54) is 11.1 Å². The van der Waals surface area contributed by atoms with Crippen molar-refractivity contribution < 1.29 is 4.74 Å². The molecule has 2 rings (SSSR count). The molecule has 23 heavy (non-hydrogen) atoms. The van der Waals surface area contributed by atoms with E-state index in [1.807, 2.05) is 18.2 Å². The molecule has 2 N–H and O–H groups in total. The zero-order chi connectivity index (χ0) is 16.3. The number of guanidine groups is 1. The van der Waals surface area contributed by atoms with E-state index in [4.69, 9.17) is 4.74 Å². The Balaban J connectivity index is 1.68. The molecular formula is C19H25N3O. The average Bonchev–Trinajstić information content (AvgIpc) is 2.62. The van der Waals surface area contributed by atoms with Crippen molar-refractivity contribution in [3.63, 3.8) is 0 Å². The molecule has 2 aromatic carbocycles. The molecule has 4 nitrogen and oxygen atoms in total. The minimum absolute atomic E-state index is 0.738. The van der Waals surface area contributed by atoms with Crippen LogP contribution in [0.1, 0.15) is 17.5 Å². The van der Waals surface area contributed by atoms with Gasteiger partial charge in [-0.3, -0.25) is 4.99 Å². The zero-order valence-corrected chi connectivity index (χ0v) is 13.9. The molecule has 0 heterocycles. The maximum atomic E-state index is 5.16. The quantitative estimate of drug-likeness (QED) is 0.469. The van der Waals surface area contributed by atoms with Crippen molar-refractivity contribution in [2.24, 2.45) is 4.99 Å². The molecule has 0 unspecified atom stereocenters. The van der Waals surface area contributed by atoms with E-state index in [0.717, 1.165) is 37.6 Å². The highest BCUT2D eigenvalue weighted by molar-refractivity contribution is 5.79. The molecular weight excluding hydrogens is 286 g/mol. The van der Waals surface area contributed by atoms with Crippen molar-refractivity contribution in [2.75, 3.05) is 20.7 Å². The molecule has 0 bridgehead atoms. The van der Waals surface area contributed by atoms with Gasteiger partial charge in [-0.25, -0.2) is 0 Å². The van der Waals surface area contributed by atoms with Crippen molar-refractivity contribution in [1.82, 2.24) is 10.6 Å². The minimum atomic E-state index is 0.738. The van der Waals surface area contributed by atoms with Gasteiger partial charge in [0.2, 0.25) is 0 Å². The maximum absolute atomic E-state index is 5.16. The minimum Gasteiger partial charge on any atom is -0.497 e. The SMILES string of the molecule is CN=C(NCCCc1ccccc1)NCc1ccc(OC)cc1. The van der Waals surface area contributed by atoms with Crippen molar-refractivity contribution in [3.05, 3.63) is 65.7 Å². The van der Waals surface area contributed by atoms with Crippen molar-refractivity contribution in [3.8, 4) is 5.75 Å². The Bertz CT molecular complexity index is 594. The van der Waals surface area contributed by atoms with E-state index in [2.05, 4.69) is 52.0 Å². The third kappa shape index (κ3) is 6.02. The molecule has 0 aliphatic heterocycles. The van der Waals surface area contributed by atoms with Gasteiger partial charge < -0.3 is 15.4 Å². The van der Waals surface area contributed by atoms with Crippen LogP contribution in [0.2, 0.25) is 0 Å². The molecule has 4 heteroatoms. The predicted octanol–water partition coefficient (Wildman–Crippen LogP) is 2.99. The van der Waals surface area contributed by atoms with Crippen LogP contribution in [0.4, 0.5) is 0 Å². The third-order valence-corrected chi connectivity index (χ3v) is 3.62. The van der Waals surface area contributed by atoms with Crippen LogP contribution in [0, 0.1) is 0 Å². The number of aryl methyl sites for hydroxylation is 1. The fourth-order valence-electron chi connectivity index (χ4n) is 2.29. The highest BCUT2D eigenvalue weighted by Gasteiger charge is 1.99. The first-order valence-corrected chi connectivity index (χ1v) is 7.93. The molecule has 0 fully saturated rings. The molecule has 0 radical (unpaired) electrons. The molecule has 2 aromatic rings. The van der Waals surface area contributed by atoms with Crippen LogP contribution in [0.15, 0.2) is 59.6 Å². The summed E-state index contributed by atoms with van der Waals surface area (Å²) < 4.78 is 5.16. The summed E-state index contributed by atoms with van der Waals surface area (Å²) in [5, 5.41) is 6.67. The smallest absolute Gasteiger partial charge is 0.191 e. The van der Waals surface area contributed by atoms with Crippen LogP contribution in [0.25, 0.3) is 0 Å². The second kappa shape index (κ2) is 9.51. The highest BCUT2D eigenvalue weighted by Crippen LogP contribution is 2.10. The molecule has 0 saturated carbocycles. The fraction of sp³-hybridized carbons (Fsp3) is 0.316. The Hall–Kier alpha value is -2.49. The molecule has 0 atom stereocenters. The molecule has 0 amide bonds. The standard InChI is InChI=1S/C19H25N3O/c1-20-19(21-14-6-9-16-7-4-3-5-8-16)22-15-17-10-12-18(23-2)13-11-17/h3-5,7-8,10-13H,6,9,14-15H2,1-2H3,(H2,20,21,22). The van der Waals surface area contributed by atoms with Crippen molar-refractivity contribution in [2.45, 2.75) is 19.4 Å². The van der Waals surface area contributed by atoms with Gasteiger partial charge in [0.25, 0.3) is 0 Å². The second-order valence-corrected chi connectivity index (χ2v) is 5.29. The first-order valence-electron chi connectivity index (χ1n) is 7.93. The number of methoxy groups -OCH3 is 1. The van der Waals surface area contributed by atoms with Gasteiger partial charge in [0.15, 0.2) is 5.96 Å². The monoisotopic (exact) mass is 311 g/mol. The van der Waals surface area contributed by atoms with E-state index >= 15 is 0 Å². The molecule has 0 spiro atoms. The van der Waals surface area contributed by atoms with E-state index in [1.54, 1.807) is 14.2 Å². The normalized spacial score (nSPS) is 11.1. The number of aliphatic imine (C=N–C) groups is 1. The summed E-state index contributed by atoms with van der Waals surface area (Å²) in [6, 6.07) is 18.6. The van der Waals surface area contributed by atoms with Gasteiger partial charge in [-0.15, -0.1) is 0 Å². The number of ether oxygens (including phenoxy) is 1. The van der Waals surface area contributed by atoms with Crippen LogP contribution >= 0.6 is 0 Å². The van der Waals surface area contributed by atoms with E-state index in [-0.39, 0.29) is 0 Å². The van der Waals surface area contributed by atoms with Gasteiger partial charge in [0, 0.05) is 20.1 Å². The van der Waals surface area contributed by atoms with Crippen LogP contribution in [0.3, 0.4) is 0 Å². The third-order valence-electron chi connectivity index (χ3n) is 3.62. The Morgan fingerprint density at radius 1 is 0.957 bits per heavy atom. The number of benzene rings is 2. The summed E-state index contributed by atoms with van der Waals surface area (Å²) in [4.78, 5) is 4.25. The number of nitrogens with zero attached hydrogens (tertiary/aromatic N) is 1. The largest absolute Gasteiger partial charge is 0.497 e. The lowest BCUT2D eigenvalue weighted by molar-refractivity contribution is 0.414. The zero-order valence-electron chi connectivity index (χ0n) is 13.9. The van der Waals surface area contributed by atoms with Crippen molar-refractivity contribution in [1.29, 1.82) is 0 Å². The lowest BCUT2D eigenvalue weighted by Gasteiger charge is -2.12. The Kier molecular flexibility index (Phi) is 6.98. The lowest BCUT2D eigenvalue weighted by atomic mass is 10.1. The molecule has 0 aliphatic carbocycles. The van der Waals surface area contributed by atoms with Gasteiger partial charge in [0.05, 0.1) is 7.11 Å². The lowest BCUT2D eigenvalue weighted by Crippen LogP contribution is -2.37. The molecule has 0 aliphatic rings. The van der Waals surface area contributed by atoms with Gasteiger partial charge in [0.1, 0.15) is 5.75 Å². The highest BCUT2D eigenvalue weighted by atomic mass is 16.5. The van der Waals surface area contributed by atoms with E-state index in [9.17, 15) is 0 Å². The average molecular weight is 311 g/mol. The van der Waals surface area contributed by atoms with Gasteiger partial charge in [-0.2, -0.15) is 0 Å². The van der Waals surface area contributed by atoms with Gasteiger partial charge in [-0.05, 0) is 36.1 Å². The first-order chi connectivity index (χ1) is 11.3. The fourth-order valence-corrected chi connectivity index (χ4v) is 2.29. The summed E-state index contributed by atoms with van der Waals surface area (Å²) >= 11 is 0. The summed E-state index contributed by atoms with van der Waals surface area (Å²) in [6.45, 7) is 1.64. The maximum Gasteiger partial charge on any atom is 0.191 e. The van der Waals surface area contributed by atoms with Crippen LogP contribution in [-0.4, -0.2) is 26.7 Å². The number of hydrogen-bond donors (Lipinski definition) is 2. The Morgan fingerprint density at radius 3 is 2.35 bits per heavy atom. The number of hydrogen-bond acceptors (Lipinski definition) is 2. The van der Waals surface area contributed by atoms with Crippen LogP contribution in [-0.2, 0) is 13.0 Å². The van der Waals surface area contributed by atoms with Crippen molar-refractivity contribution >= 4 is 5.96 Å². The summed E-state index contributed by atoms with van der Waals surface area (Å²) in [6.07, 6.45) is 2.15. The van der Waals surface area contributed by atoms with Gasteiger partial charge in [-0.1, -0.05) is 42.5 Å². The predicted molar refractivity (Wildman–Crippen MR) is 96.0 cm³/mol. The topological polar surface area (TPSA) is 45.7 Å². The van der Waals surface area contributed by atoms with Crippen LogP contribution in [0.5, 0.6) is 5.75 Å². The van der Waals surface area contributed by atoms with Crippen LogP contribution < -0.4 is 15.4 Å². The molecule has 0 aromatic heterocycles. The molecule has 0 saturated heterocycles. The van der Waals surface area contributed by atoms with Gasteiger partial charge >= 0.3 is 0 Å². The van der Waals surface area contributed by atoms with E-state index < -0.39 is 0 Å². The second-order valence-electron chi connectivity index (χ2n) is 5.29. The Morgan fingerprint density at radius 2 is 1.70 bits per heavy atom. The summed E-state index contributed by atoms with van der Waals surface area (Å²) in [7, 11) is 3.47. The summed E-state index contributed by atoms with van der Waals surface area (Å²) in [5.41, 5.74) is 2.56. The first kappa shape index (κ1) is 16.9. The number of rotatable bonds is 7. The number of nitrogens with one attached hydrogen (secondary N) is 2. The van der Waals surface area contributed by atoms with E-state index in [0.29, 0.717) is 0 Å². The Labute approximate surface area is 138 Å². The molecule has 122 valence electrons. The summed E-state index contributed by atoms with van der Waals surface area (Å²) in [5.74, 6) is 1.70.